The first-order valence-electron chi connectivity index (χ1n) is 11.0. The Morgan fingerprint density at radius 1 is 0.861 bits per heavy atom. The molecule has 0 aliphatic heterocycles. The van der Waals surface area contributed by atoms with Crippen molar-refractivity contribution in [3.8, 4) is 5.75 Å². The summed E-state index contributed by atoms with van der Waals surface area (Å²) in [6, 6.07) is 21.0. The number of hydrogen-bond donors (Lipinski definition) is 2. The van der Waals surface area contributed by atoms with Crippen molar-refractivity contribution in [1.82, 2.24) is 10.0 Å². The van der Waals surface area contributed by atoms with Crippen LogP contribution in [0.2, 0.25) is 0 Å². The highest BCUT2D eigenvalue weighted by Crippen LogP contribution is 2.24. The van der Waals surface area contributed by atoms with E-state index < -0.39 is 46.9 Å². The van der Waals surface area contributed by atoms with Crippen LogP contribution in [-0.4, -0.2) is 46.3 Å². The minimum absolute atomic E-state index is 0.0167. The molecule has 1 amide bonds. The highest BCUT2D eigenvalue weighted by molar-refractivity contribution is 7.89. The van der Waals surface area contributed by atoms with Gasteiger partial charge in [-0.15, -0.1) is 0 Å². The molecule has 0 bridgehead atoms. The van der Waals surface area contributed by atoms with Crippen molar-refractivity contribution in [1.29, 1.82) is 0 Å². The molecule has 0 aromatic heterocycles. The smallest absolute Gasteiger partial charge is 0.326 e. The van der Waals surface area contributed by atoms with Gasteiger partial charge in [0.05, 0.1) is 18.6 Å². The highest BCUT2D eigenvalue weighted by Gasteiger charge is 2.26. The Hall–Kier alpha value is -4.02. The number of nitrogens with one attached hydrogen (secondary N) is 2. The fourth-order valence-electron chi connectivity index (χ4n) is 3.18. The summed E-state index contributed by atoms with van der Waals surface area (Å²) < 4.78 is 37.3. The third-order valence-corrected chi connectivity index (χ3v) is 6.57. The summed E-state index contributed by atoms with van der Waals surface area (Å²) in [7, 11) is -2.39. The number of ether oxygens (including phenoxy) is 2. The molecule has 0 unspecified atom stereocenters. The number of hydrogen-bond acceptors (Lipinski definition) is 7. The van der Waals surface area contributed by atoms with Gasteiger partial charge in [-0.3, -0.25) is 14.4 Å². The molecule has 10 heteroatoms. The van der Waals surface area contributed by atoms with Crippen LogP contribution < -0.4 is 14.8 Å². The third kappa shape index (κ3) is 7.24. The van der Waals surface area contributed by atoms with E-state index in [1.807, 2.05) is 6.92 Å². The number of benzene rings is 3. The Morgan fingerprint density at radius 2 is 1.50 bits per heavy atom. The van der Waals surface area contributed by atoms with Crippen LogP contribution in [0.1, 0.15) is 27.6 Å². The summed E-state index contributed by atoms with van der Waals surface area (Å²) in [4.78, 5) is 37.7. The number of carbonyl (C=O) groups is 3. The van der Waals surface area contributed by atoms with Gasteiger partial charge in [0.1, 0.15) is 12.3 Å². The first-order valence-corrected chi connectivity index (χ1v) is 12.4. The second kappa shape index (κ2) is 12.1. The van der Waals surface area contributed by atoms with Gasteiger partial charge in [-0.1, -0.05) is 48.0 Å². The topological polar surface area (TPSA) is 128 Å². The molecular weight excluding hydrogens is 484 g/mol. The fraction of sp³-hybridized carbons (Fsp3) is 0.192. The maximum atomic E-state index is 13.1. The number of carbonyl (C=O) groups excluding carboxylic acids is 3. The Balaban J connectivity index is 1.60. The third-order valence-electron chi connectivity index (χ3n) is 5.15. The van der Waals surface area contributed by atoms with Gasteiger partial charge >= 0.3 is 5.97 Å². The molecule has 0 radical (unpaired) electrons. The van der Waals surface area contributed by atoms with E-state index in [2.05, 4.69) is 10.0 Å². The summed E-state index contributed by atoms with van der Waals surface area (Å²) in [6.45, 7) is 0.698. The molecule has 0 saturated carbocycles. The standard InChI is InChI=1S/C26H26N2O7S/c1-18-8-14-22(15-9-18)36(32,33)28-16-23(29)27-17-24(30)35-26(20-6-4-3-5-7-20)25(31)19-10-12-21(34-2)13-11-19/h3-15,26,28H,16-17H2,1-2H3,(H,27,29)/t26-/m1/s1. The van der Waals surface area contributed by atoms with Crippen LogP contribution in [0.4, 0.5) is 0 Å². The Kier molecular flexibility index (Phi) is 8.93. The molecule has 0 heterocycles. The molecule has 3 aromatic carbocycles. The monoisotopic (exact) mass is 510 g/mol. The average Bonchev–Trinajstić information content (AvgIpc) is 2.90. The number of rotatable bonds is 11. The molecule has 1 atom stereocenters. The largest absolute Gasteiger partial charge is 0.497 e. The zero-order chi connectivity index (χ0) is 26.1. The van der Waals surface area contributed by atoms with E-state index in [-0.39, 0.29) is 4.90 Å². The predicted molar refractivity (Wildman–Crippen MR) is 132 cm³/mol. The molecule has 9 nitrogen and oxygen atoms in total. The van der Waals surface area contributed by atoms with Gasteiger partial charge in [0, 0.05) is 11.1 Å². The maximum absolute atomic E-state index is 13.1. The number of amides is 1. The lowest BCUT2D eigenvalue weighted by atomic mass is 9.99. The van der Waals surface area contributed by atoms with E-state index in [4.69, 9.17) is 9.47 Å². The molecule has 0 saturated heterocycles. The van der Waals surface area contributed by atoms with Gasteiger partial charge in [0.25, 0.3) is 0 Å². The number of esters is 1. The quantitative estimate of drug-likeness (QED) is 0.300. The van der Waals surface area contributed by atoms with E-state index in [0.717, 1.165) is 5.56 Å². The van der Waals surface area contributed by atoms with Gasteiger partial charge in [-0.2, -0.15) is 0 Å². The summed E-state index contributed by atoms with van der Waals surface area (Å²) in [5, 5.41) is 2.30. The maximum Gasteiger partial charge on any atom is 0.326 e. The van der Waals surface area contributed by atoms with E-state index in [1.165, 1.54) is 19.2 Å². The minimum atomic E-state index is -3.89. The Bertz CT molecular complexity index is 1310. The Labute approximate surface area is 209 Å². The molecule has 0 aliphatic rings. The van der Waals surface area contributed by atoms with Gasteiger partial charge < -0.3 is 14.8 Å². The van der Waals surface area contributed by atoms with Crippen LogP contribution in [0.25, 0.3) is 0 Å². The van der Waals surface area contributed by atoms with Crippen molar-refractivity contribution in [2.75, 3.05) is 20.2 Å². The fourth-order valence-corrected chi connectivity index (χ4v) is 4.16. The SMILES string of the molecule is COc1ccc(C(=O)[C@H](OC(=O)CNC(=O)CNS(=O)(=O)c2ccc(C)cc2)c2ccccc2)cc1. The van der Waals surface area contributed by atoms with Crippen LogP contribution >= 0.6 is 0 Å². The Morgan fingerprint density at radius 3 is 2.11 bits per heavy atom. The molecule has 2 N–H and O–H groups in total. The summed E-state index contributed by atoms with van der Waals surface area (Å²) in [5.74, 6) is -1.48. The van der Waals surface area contributed by atoms with Crippen molar-refractivity contribution in [3.63, 3.8) is 0 Å². The van der Waals surface area contributed by atoms with Crippen LogP contribution in [0.5, 0.6) is 5.75 Å². The van der Waals surface area contributed by atoms with Crippen molar-refractivity contribution < 1.29 is 32.3 Å². The van der Waals surface area contributed by atoms with Crippen molar-refractivity contribution in [2.24, 2.45) is 0 Å². The number of methoxy groups -OCH3 is 1. The predicted octanol–water partition coefficient (Wildman–Crippen LogP) is 2.57. The zero-order valence-electron chi connectivity index (χ0n) is 19.8. The molecule has 0 aliphatic carbocycles. The molecular formula is C26H26N2O7S. The normalized spacial score (nSPS) is 11.8. The number of ketones is 1. The van der Waals surface area contributed by atoms with E-state index in [0.29, 0.717) is 16.9 Å². The molecule has 0 fully saturated rings. The van der Waals surface area contributed by atoms with Crippen molar-refractivity contribution in [2.45, 2.75) is 17.9 Å². The lowest BCUT2D eigenvalue weighted by Gasteiger charge is -2.18. The van der Waals surface area contributed by atoms with Crippen molar-refractivity contribution in [3.05, 3.63) is 95.6 Å². The second-order valence-corrected chi connectivity index (χ2v) is 9.55. The van der Waals surface area contributed by atoms with Gasteiger partial charge in [0.2, 0.25) is 21.7 Å². The summed E-state index contributed by atoms with van der Waals surface area (Å²) in [5.41, 5.74) is 1.67. The van der Waals surface area contributed by atoms with Gasteiger partial charge in [-0.25, -0.2) is 13.1 Å². The van der Waals surface area contributed by atoms with Crippen LogP contribution in [-0.2, 0) is 24.3 Å². The first-order chi connectivity index (χ1) is 17.2. The first kappa shape index (κ1) is 26.6. The zero-order valence-corrected chi connectivity index (χ0v) is 20.6. The van der Waals surface area contributed by atoms with E-state index in [9.17, 15) is 22.8 Å². The van der Waals surface area contributed by atoms with Crippen LogP contribution in [0, 0.1) is 6.92 Å². The van der Waals surface area contributed by atoms with Gasteiger partial charge in [0.15, 0.2) is 6.10 Å². The number of sulfonamides is 1. The highest BCUT2D eigenvalue weighted by atomic mass is 32.2. The number of Topliss-reactive ketones (excluding diaryl/α,β-unsaturated/α-hetero) is 1. The molecule has 36 heavy (non-hydrogen) atoms. The average molecular weight is 511 g/mol. The van der Waals surface area contributed by atoms with E-state index in [1.54, 1.807) is 66.7 Å². The lowest BCUT2D eigenvalue weighted by Crippen LogP contribution is -2.39. The summed E-state index contributed by atoms with van der Waals surface area (Å²) >= 11 is 0. The van der Waals surface area contributed by atoms with E-state index >= 15 is 0 Å². The van der Waals surface area contributed by atoms with Crippen LogP contribution in [0.3, 0.4) is 0 Å². The molecule has 3 aromatic rings. The molecule has 188 valence electrons. The molecule has 3 rings (SSSR count). The second-order valence-electron chi connectivity index (χ2n) is 7.79. The summed E-state index contributed by atoms with van der Waals surface area (Å²) in [6.07, 6.45) is -1.23. The van der Waals surface area contributed by atoms with Crippen molar-refractivity contribution >= 4 is 27.7 Å². The number of aryl methyl sites for hydroxylation is 1. The molecule has 0 spiro atoms. The van der Waals surface area contributed by atoms with Gasteiger partial charge in [-0.05, 0) is 43.3 Å². The van der Waals surface area contributed by atoms with Crippen LogP contribution in [0.15, 0.2) is 83.8 Å². The minimum Gasteiger partial charge on any atom is -0.497 e. The lowest BCUT2D eigenvalue weighted by molar-refractivity contribution is -0.147.